The number of fused-ring (bicyclic) bond motifs is 1. The molecule has 1 aromatic heterocycles. The van der Waals surface area contributed by atoms with Crippen LogP contribution in [-0.2, 0) is 4.74 Å². The van der Waals surface area contributed by atoms with Crippen LogP contribution in [0.3, 0.4) is 0 Å². The van der Waals surface area contributed by atoms with E-state index < -0.39 is 23.8 Å². The summed E-state index contributed by atoms with van der Waals surface area (Å²) in [7, 11) is 0. The molecule has 4 heterocycles. The number of aliphatic hydroxyl groups excluding tert-OH is 1. The molecule has 0 unspecified atom stereocenters. The molecule has 2 saturated heterocycles. The molecule has 8 nitrogen and oxygen atoms in total. The quantitative estimate of drug-likeness (QED) is 0.845. The van der Waals surface area contributed by atoms with Crippen molar-refractivity contribution in [2.24, 2.45) is 0 Å². The summed E-state index contributed by atoms with van der Waals surface area (Å²) in [6, 6.07) is 8.33. The summed E-state index contributed by atoms with van der Waals surface area (Å²) < 4.78 is 30.8. The number of halogens is 1. The van der Waals surface area contributed by atoms with Gasteiger partial charge in [0.05, 0.1) is 25.0 Å². The number of carbonyl (C=O) groups excluding carboxylic acids is 1. The van der Waals surface area contributed by atoms with E-state index in [-0.39, 0.29) is 12.4 Å². The van der Waals surface area contributed by atoms with Crippen LogP contribution in [0, 0.1) is 5.82 Å². The Kier molecular flexibility index (Phi) is 4.20. The molecular formula is C20H20FN3O5. The Balaban J connectivity index is 1.24. The maximum absolute atomic E-state index is 13.9. The van der Waals surface area contributed by atoms with Gasteiger partial charge in [0.15, 0.2) is 11.6 Å². The summed E-state index contributed by atoms with van der Waals surface area (Å²) in [6.45, 7) is 1.37. The number of pyridine rings is 1. The van der Waals surface area contributed by atoms with Crippen LogP contribution in [0.5, 0.6) is 11.5 Å². The number of rotatable bonds is 3. The van der Waals surface area contributed by atoms with Crippen LogP contribution in [0.4, 0.5) is 20.7 Å². The molecule has 29 heavy (non-hydrogen) atoms. The Morgan fingerprint density at radius 3 is 2.69 bits per heavy atom. The van der Waals surface area contributed by atoms with Crippen molar-refractivity contribution in [3.8, 4) is 11.5 Å². The zero-order chi connectivity index (χ0) is 20.0. The van der Waals surface area contributed by atoms with Crippen LogP contribution in [0.1, 0.15) is 12.8 Å². The number of ether oxygens (including phenoxy) is 3. The molecule has 3 aliphatic rings. The summed E-state index contributed by atoms with van der Waals surface area (Å²) in [5.74, 6) is 0.153. The second-order valence-electron chi connectivity index (χ2n) is 7.34. The molecule has 3 aliphatic heterocycles. The summed E-state index contributed by atoms with van der Waals surface area (Å²) in [6.07, 6.45) is 1.76. The summed E-state index contributed by atoms with van der Waals surface area (Å²) in [4.78, 5) is 19.9. The second kappa shape index (κ2) is 6.77. The van der Waals surface area contributed by atoms with Gasteiger partial charge in [-0.15, -0.1) is 0 Å². The Hall–Kier alpha value is -3.07. The number of hydrogen-bond donors (Lipinski definition) is 1. The third kappa shape index (κ3) is 3.11. The third-order valence-corrected chi connectivity index (χ3v) is 5.49. The van der Waals surface area contributed by atoms with Gasteiger partial charge in [0, 0.05) is 25.9 Å². The number of para-hydroxylation sites is 1. The van der Waals surface area contributed by atoms with E-state index in [0.29, 0.717) is 43.9 Å². The Morgan fingerprint density at radius 1 is 1.21 bits per heavy atom. The number of nitrogens with zero attached hydrogens (tertiary/aromatic N) is 3. The summed E-state index contributed by atoms with van der Waals surface area (Å²) in [5, 5.41) is 9.16. The molecule has 2 aromatic rings. The minimum absolute atomic E-state index is 0.183. The van der Waals surface area contributed by atoms with Crippen LogP contribution in [0.2, 0.25) is 0 Å². The zero-order valence-electron chi connectivity index (χ0n) is 15.6. The van der Waals surface area contributed by atoms with Crippen molar-refractivity contribution in [2.45, 2.75) is 24.7 Å². The van der Waals surface area contributed by atoms with Gasteiger partial charge in [-0.1, -0.05) is 6.07 Å². The molecule has 5 rings (SSSR count). The summed E-state index contributed by atoms with van der Waals surface area (Å²) in [5.41, 5.74) is 0.622. The topological polar surface area (TPSA) is 84.4 Å². The van der Waals surface area contributed by atoms with E-state index in [1.807, 2.05) is 12.1 Å². The van der Waals surface area contributed by atoms with Crippen molar-refractivity contribution in [1.82, 2.24) is 4.98 Å². The minimum atomic E-state index is -0.834. The van der Waals surface area contributed by atoms with Gasteiger partial charge in [0.1, 0.15) is 11.9 Å². The van der Waals surface area contributed by atoms with Crippen LogP contribution < -0.4 is 19.3 Å². The Morgan fingerprint density at radius 2 is 2.03 bits per heavy atom. The predicted molar refractivity (Wildman–Crippen MR) is 101 cm³/mol. The lowest BCUT2D eigenvalue weighted by molar-refractivity contribution is -0.0970. The normalized spacial score (nSPS) is 22.3. The first kappa shape index (κ1) is 18.0. The number of piperidine rings is 1. The highest BCUT2D eigenvalue weighted by Crippen LogP contribution is 2.45. The molecule has 9 heteroatoms. The fraction of sp³-hybridized carbons (Fsp3) is 0.400. The van der Waals surface area contributed by atoms with Gasteiger partial charge in [-0.2, -0.15) is 0 Å². The van der Waals surface area contributed by atoms with Gasteiger partial charge in [-0.05, 0) is 24.3 Å². The molecule has 0 bridgehead atoms. The molecule has 1 aromatic carbocycles. The standard InChI is InChI=1S/C20H20FN3O5/c21-15-2-1-3-16-18(15)29-20(28-16)6-8-23(9-7-20)17-5-4-13(10-22-17)24-11-14(12-25)27-19(24)26/h1-5,10,14,25H,6-9,11-12H2/t14-/m1/s1. The van der Waals surface area contributed by atoms with Crippen molar-refractivity contribution in [1.29, 1.82) is 0 Å². The van der Waals surface area contributed by atoms with Crippen LogP contribution in [0.15, 0.2) is 36.5 Å². The van der Waals surface area contributed by atoms with E-state index in [0.717, 1.165) is 5.82 Å². The van der Waals surface area contributed by atoms with E-state index in [1.165, 1.54) is 11.0 Å². The van der Waals surface area contributed by atoms with Gasteiger partial charge < -0.3 is 24.2 Å². The number of amides is 1. The lowest BCUT2D eigenvalue weighted by Gasteiger charge is -2.38. The predicted octanol–water partition coefficient (Wildman–Crippen LogP) is 2.31. The fourth-order valence-electron chi connectivity index (χ4n) is 3.91. The molecule has 0 aliphatic carbocycles. The maximum atomic E-state index is 13.9. The fourth-order valence-corrected chi connectivity index (χ4v) is 3.91. The Labute approximate surface area is 166 Å². The number of aliphatic hydroxyl groups is 1. The number of benzene rings is 1. The third-order valence-electron chi connectivity index (χ3n) is 5.49. The molecule has 0 saturated carbocycles. The molecular weight excluding hydrogens is 381 g/mol. The van der Waals surface area contributed by atoms with E-state index >= 15 is 0 Å². The number of carbonyl (C=O) groups is 1. The molecule has 1 spiro atoms. The minimum Gasteiger partial charge on any atom is -0.448 e. The van der Waals surface area contributed by atoms with Gasteiger partial charge in [-0.3, -0.25) is 4.90 Å². The highest BCUT2D eigenvalue weighted by Gasteiger charge is 2.45. The Bertz CT molecular complexity index is 930. The number of aromatic nitrogens is 1. The maximum Gasteiger partial charge on any atom is 0.414 e. The van der Waals surface area contributed by atoms with Gasteiger partial charge in [0.2, 0.25) is 5.75 Å². The highest BCUT2D eigenvalue weighted by atomic mass is 19.1. The number of hydrogen-bond acceptors (Lipinski definition) is 7. The van der Waals surface area contributed by atoms with Gasteiger partial charge in [0.25, 0.3) is 5.79 Å². The second-order valence-corrected chi connectivity index (χ2v) is 7.34. The number of cyclic esters (lactones) is 1. The highest BCUT2D eigenvalue weighted by molar-refractivity contribution is 5.89. The van der Waals surface area contributed by atoms with E-state index in [9.17, 15) is 9.18 Å². The molecule has 1 amide bonds. The van der Waals surface area contributed by atoms with Crippen LogP contribution in [0.25, 0.3) is 0 Å². The monoisotopic (exact) mass is 401 g/mol. The van der Waals surface area contributed by atoms with Crippen LogP contribution >= 0.6 is 0 Å². The smallest absolute Gasteiger partial charge is 0.414 e. The largest absolute Gasteiger partial charge is 0.448 e. The van der Waals surface area contributed by atoms with Crippen molar-refractivity contribution in [2.75, 3.05) is 36.0 Å². The zero-order valence-corrected chi connectivity index (χ0v) is 15.6. The lowest BCUT2D eigenvalue weighted by Crippen LogP contribution is -2.50. The number of anilines is 2. The van der Waals surface area contributed by atoms with Gasteiger partial charge >= 0.3 is 6.09 Å². The SMILES string of the molecule is O=C1O[C@@H](CO)CN1c1ccc(N2CCC3(CC2)Oc2cccc(F)c2O3)nc1. The molecule has 2 fully saturated rings. The first-order valence-corrected chi connectivity index (χ1v) is 9.53. The van der Waals surface area contributed by atoms with E-state index in [4.69, 9.17) is 19.3 Å². The molecule has 152 valence electrons. The average molecular weight is 401 g/mol. The molecule has 1 N–H and O–H groups in total. The summed E-state index contributed by atoms with van der Waals surface area (Å²) >= 11 is 0. The first-order chi connectivity index (χ1) is 14.1. The van der Waals surface area contributed by atoms with E-state index in [1.54, 1.807) is 18.3 Å². The molecule has 0 radical (unpaired) electrons. The van der Waals surface area contributed by atoms with Crippen molar-refractivity contribution >= 4 is 17.6 Å². The van der Waals surface area contributed by atoms with Gasteiger partial charge in [-0.25, -0.2) is 14.2 Å². The first-order valence-electron chi connectivity index (χ1n) is 9.53. The van der Waals surface area contributed by atoms with Crippen molar-refractivity contribution in [3.63, 3.8) is 0 Å². The van der Waals surface area contributed by atoms with Crippen molar-refractivity contribution < 1.29 is 28.5 Å². The average Bonchev–Trinajstić information content (AvgIpc) is 3.30. The van der Waals surface area contributed by atoms with Crippen molar-refractivity contribution in [3.05, 3.63) is 42.3 Å². The van der Waals surface area contributed by atoms with Crippen LogP contribution in [-0.4, -0.2) is 54.3 Å². The molecule has 1 atom stereocenters. The lowest BCUT2D eigenvalue weighted by atomic mass is 10.0. The van der Waals surface area contributed by atoms with E-state index in [2.05, 4.69) is 9.88 Å².